The number of amides is 1. The van der Waals surface area contributed by atoms with Crippen molar-refractivity contribution in [2.24, 2.45) is 0 Å². The van der Waals surface area contributed by atoms with E-state index >= 15 is 0 Å². The highest BCUT2D eigenvalue weighted by Crippen LogP contribution is 2.20. The first-order chi connectivity index (χ1) is 10.1. The second-order valence-corrected chi connectivity index (χ2v) is 4.37. The summed E-state index contributed by atoms with van der Waals surface area (Å²) in [5.41, 5.74) is 0.879. The van der Waals surface area contributed by atoms with E-state index in [-0.39, 0.29) is 12.3 Å². The van der Waals surface area contributed by atoms with E-state index in [0.717, 1.165) is 0 Å². The zero-order valence-corrected chi connectivity index (χ0v) is 11.9. The molecule has 2 rings (SSSR count). The number of anilines is 1. The van der Waals surface area contributed by atoms with Gasteiger partial charge >= 0.3 is 5.97 Å². The van der Waals surface area contributed by atoms with Gasteiger partial charge in [0.2, 0.25) is 5.91 Å². The van der Waals surface area contributed by atoms with Gasteiger partial charge in [-0.25, -0.2) is 9.78 Å². The summed E-state index contributed by atoms with van der Waals surface area (Å²) >= 11 is 0. The number of methoxy groups -OCH3 is 1. The molecule has 0 atom stereocenters. The molecule has 1 amide bonds. The van der Waals surface area contributed by atoms with Crippen LogP contribution in [0.25, 0.3) is 0 Å². The molecule has 2 aromatic rings. The topological polar surface area (TPSA) is 77.3 Å². The van der Waals surface area contributed by atoms with E-state index in [1.54, 1.807) is 42.3 Å². The van der Waals surface area contributed by atoms with Gasteiger partial charge in [0.1, 0.15) is 12.7 Å². The quantitative estimate of drug-likeness (QED) is 0.770. The van der Waals surface area contributed by atoms with Crippen LogP contribution in [-0.2, 0) is 16.1 Å². The van der Waals surface area contributed by atoms with Crippen LogP contribution >= 0.6 is 0 Å². The van der Waals surface area contributed by atoms with Gasteiger partial charge in [-0.05, 0) is 12.1 Å². The molecule has 0 fully saturated rings. The number of nitrogens with zero attached hydrogens (tertiary/aromatic N) is 4. The molecular formula is C14H16N4O3. The van der Waals surface area contributed by atoms with Crippen molar-refractivity contribution in [3.63, 3.8) is 0 Å². The fourth-order valence-electron chi connectivity index (χ4n) is 1.91. The van der Waals surface area contributed by atoms with Crippen LogP contribution in [0.3, 0.4) is 0 Å². The molecule has 0 aliphatic carbocycles. The third-order valence-electron chi connectivity index (χ3n) is 3.07. The van der Waals surface area contributed by atoms with E-state index < -0.39 is 5.97 Å². The first-order valence-corrected chi connectivity index (χ1v) is 6.39. The average molecular weight is 288 g/mol. The monoisotopic (exact) mass is 288 g/mol. The van der Waals surface area contributed by atoms with Crippen LogP contribution in [0.1, 0.15) is 16.8 Å². The number of rotatable bonds is 5. The van der Waals surface area contributed by atoms with Crippen molar-refractivity contribution in [3.8, 4) is 0 Å². The highest BCUT2D eigenvalue weighted by Gasteiger charge is 2.18. The minimum atomic E-state index is -0.471. The van der Waals surface area contributed by atoms with Gasteiger partial charge in [-0.3, -0.25) is 9.48 Å². The lowest BCUT2D eigenvalue weighted by Crippen LogP contribution is -2.28. The Hall–Kier alpha value is -2.70. The largest absolute Gasteiger partial charge is 0.465 e. The van der Waals surface area contributed by atoms with Gasteiger partial charge in [-0.1, -0.05) is 12.1 Å². The Morgan fingerprint density at radius 1 is 1.33 bits per heavy atom. The normalized spacial score (nSPS) is 10.2. The highest BCUT2D eigenvalue weighted by atomic mass is 16.5. The zero-order valence-electron chi connectivity index (χ0n) is 11.9. The van der Waals surface area contributed by atoms with E-state index in [1.807, 2.05) is 0 Å². The van der Waals surface area contributed by atoms with Gasteiger partial charge in [0.05, 0.1) is 24.9 Å². The SMILES string of the molecule is COC(=O)c1ccccc1N(C)C(=O)CCn1cncn1. The lowest BCUT2D eigenvalue weighted by Gasteiger charge is -2.19. The fraction of sp³-hybridized carbons (Fsp3) is 0.286. The van der Waals surface area contributed by atoms with Gasteiger partial charge in [-0.2, -0.15) is 5.10 Å². The van der Waals surface area contributed by atoms with E-state index in [1.165, 1.54) is 18.3 Å². The van der Waals surface area contributed by atoms with Crippen LogP contribution in [0.4, 0.5) is 5.69 Å². The van der Waals surface area contributed by atoms with Crippen molar-refractivity contribution < 1.29 is 14.3 Å². The van der Waals surface area contributed by atoms with Crippen LogP contribution in [0.5, 0.6) is 0 Å². The number of para-hydroxylation sites is 1. The number of benzene rings is 1. The minimum absolute atomic E-state index is 0.123. The molecule has 0 unspecified atom stereocenters. The van der Waals surface area contributed by atoms with Gasteiger partial charge < -0.3 is 9.64 Å². The van der Waals surface area contributed by atoms with Crippen LogP contribution in [-0.4, -0.2) is 40.8 Å². The zero-order chi connectivity index (χ0) is 15.2. The third-order valence-corrected chi connectivity index (χ3v) is 3.07. The molecule has 1 aromatic heterocycles. The highest BCUT2D eigenvalue weighted by molar-refractivity contribution is 6.02. The fourth-order valence-corrected chi connectivity index (χ4v) is 1.91. The molecular weight excluding hydrogens is 272 g/mol. The molecule has 7 nitrogen and oxygen atoms in total. The van der Waals surface area contributed by atoms with Crippen molar-refractivity contribution in [2.45, 2.75) is 13.0 Å². The lowest BCUT2D eigenvalue weighted by molar-refractivity contribution is -0.118. The number of carbonyl (C=O) groups is 2. The first-order valence-electron chi connectivity index (χ1n) is 6.39. The Kier molecular flexibility index (Phi) is 4.65. The molecule has 1 aromatic carbocycles. The molecule has 7 heteroatoms. The van der Waals surface area contributed by atoms with E-state index in [0.29, 0.717) is 17.8 Å². The predicted octanol–water partition coefficient (Wildman–Crippen LogP) is 1.12. The van der Waals surface area contributed by atoms with Crippen LogP contribution in [0.2, 0.25) is 0 Å². The second-order valence-electron chi connectivity index (χ2n) is 4.37. The van der Waals surface area contributed by atoms with Crippen LogP contribution in [0, 0.1) is 0 Å². The van der Waals surface area contributed by atoms with Crippen molar-refractivity contribution in [3.05, 3.63) is 42.5 Å². The summed E-state index contributed by atoms with van der Waals surface area (Å²) in [7, 11) is 2.94. The number of hydrogen-bond acceptors (Lipinski definition) is 5. The summed E-state index contributed by atoms with van der Waals surface area (Å²) in [4.78, 5) is 29.2. The predicted molar refractivity (Wildman–Crippen MR) is 75.8 cm³/mol. The summed E-state index contributed by atoms with van der Waals surface area (Å²) in [6, 6.07) is 6.83. The van der Waals surface area contributed by atoms with Gasteiger partial charge in [0.15, 0.2) is 0 Å². The number of hydrogen-bond donors (Lipinski definition) is 0. The number of ether oxygens (including phenoxy) is 1. The third kappa shape index (κ3) is 3.44. The Morgan fingerprint density at radius 3 is 2.76 bits per heavy atom. The Morgan fingerprint density at radius 2 is 2.10 bits per heavy atom. The van der Waals surface area contributed by atoms with Gasteiger partial charge in [-0.15, -0.1) is 0 Å². The summed E-state index contributed by atoms with van der Waals surface area (Å²) in [5, 5.41) is 3.94. The smallest absolute Gasteiger partial charge is 0.339 e. The molecule has 0 bridgehead atoms. The van der Waals surface area contributed by atoms with Crippen LogP contribution < -0.4 is 4.90 Å². The molecule has 0 spiro atoms. The maximum atomic E-state index is 12.2. The van der Waals surface area contributed by atoms with Gasteiger partial charge in [0.25, 0.3) is 0 Å². The second kappa shape index (κ2) is 6.65. The Balaban J connectivity index is 2.10. The molecule has 0 aliphatic rings. The number of carbonyl (C=O) groups excluding carboxylic acids is 2. The van der Waals surface area contributed by atoms with E-state index in [2.05, 4.69) is 10.1 Å². The molecule has 1 heterocycles. The number of aromatic nitrogens is 3. The summed E-state index contributed by atoms with van der Waals surface area (Å²) in [6.07, 6.45) is 3.23. The maximum absolute atomic E-state index is 12.2. The molecule has 0 N–H and O–H groups in total. The first kappa shape index (κ1) is 14.7. The number of aryl methyl sites for hydroxylation is 1. The Bertz CT molecular complexity index is 625. The number of esters is 1. The molecule has 0 saturated heterocycles. The Labute approximate surface area is 122 Å². The molecule has 0 saturated carbocycles. The van der Waals surface area contributed by atoms with Crippen molar-refractivity contribution in [1.29, 1.82) is 0 Å². The minimum Gasteiger partial charge on any atom is -0.465 e. The summed E-state index contributed by atoms with van der Waals surface area (Å²) < 4.78 is 6.31. The molecule has 110 valence electrons. The van der Waals surface area contributed by atoms with E-state index in [9.17, 15) is 9.59 Å². The van der Waals surface area contributed by atoms with Crippen LogP contribution in [0.15, 0.2) is 36.9 Å². The van der Waals surface area contributed by atoms with Crippen molar-refractivity contribution in [2.75, 3.05) is 19.1 Å². The molecule has 21 heavy (non-hydrogen) atoms. The van der Waals surface area contributed by atoms with Gasteiger partial charge in [0, 0.05) is 13.5 Å². The lowest BCUT2D eigenvalue weighted by atomic mass is 10.1. The van der Waals surface area contributed by atoms with Crippen molar-refractivity contribution in [1.82, 2.24) is 14.8 Å². The average Bonchev–Trinajstić information content (AvgIpc) is 3.04. The standard InChI is InChI=1S/C14H16N4O3/c1-17(13(19)7-8-18-10-15-9-16-18)12-6-4-3-5-11(12)14(20)21-2/h3-6,9-10H,7-8H2,1-2H3. The summed E-state index contributed by atoms with van der Waals surface area (Å²) in [5.74, 6) is -0.594. The molecule has 0 aliphatic heterocycles. The summed E-state index contributed by atoms with van der Waals surface area (Å²) in [6.45, 7) is 0.434. The van der Waals surface area contributed by atoms with E-state index in [4.69, 9.17) is 4.74 Å². The van der Waals surface area contributed by atoms with Crippen molar-refractivity contribution >= 4 is 17.6 Å². The molecule has 0 radical (unpaired) electrons. The maximum Gasteiger partial charge on any atom is 0.339 e.